The van der Waals surface area contributed by atoms with Crippen LogP contribution < -0.4 is 27.4 Å². The van der Waals surface area contributed by atoms with Crippen molar-refractivity contribution >= 4 is 62.9 Å². The minimum Gasteiger partial charge on any atom is -0.453 e. The number of methoxy groups -OCH3 is 1. The van der Waals surface area contributed by atoms with Crippen LogP contribution in [0.4, 0.5) is 46.8 Å². The van der Waals surface area contributed by atoms with Crippen molar-refractivity contribution in [2.45, 2.75) is 26.9 Å². The van der Waals surface area contributed by atoms with Crippen LogP contribution in [0.3, 0.4) is 0 Å². The Hall–Kier alpha value is -8.23. The van der Waals surface area contributed by atoms with E-state index in [1.807, 2.05) is 6.07 Å². The Kier molecular flexibility index (Phi) is 11.4. The molecule has 2 aromatic carbocycles. The lowest BCUT2D eigenvalue weighted by Gasteiger charge is -2.18. The number of ether oxygens (including phenoxy) is 1. The summed E-state index contributed by atoms with van der Waals surface area (Å²) in [6, 6.07) is 17.5. The van der Waals surface area contributed by atoms with Crippen LogP contribution in [-0.2, 0) is 22.6 Å². The average Bonchev–Trinajstić information content (AvgIpc) is 3.78. The van der Waals surface area contributed by atoms with Crippen molar-refractivity contribution in [3.63, 3.8) is 0 Å². The first-order chi connectivity index (χ1) is 29.2. The molecule has 0 saturated carbocycles. The van der Waals surface area contributed by atoms with E-state index in [9.17, 15) is 22.8 Å². The van der Waals surface area contributed by atoms with E-state index in [-0.39, 0.29) is 71.0 Å². The number of hydrogen-bond donors (Lipinski definition) is 4. The van der Waals surface area contributed by atoms with E-state index in [4.69, 9.17) is 17.2 Å². The largest absolute Gasteiger partial charge is 0.453 e. The number of amides is 2. The number of fused-ring (bicyclic) bond motifs is 2. The molecule has 0 saturated heterocycles. The molecule has 0 aliphatic carbocycles. The fourth-order valence-electron chi connectivity index (χ4n) is 6.28. The molecule has 8 rings (SSSR count). The van der Waals surface area contributed by atoms with Gasteiger partial charge in [-0.15, -0.1) is 0 Å². The molecule has 0 fully saturated rings. The van der Waals surface area contributed by atoms with Crippen LogP contribution in [0.25, 0.3) is 45.1 Å². The number of hydrogen-bond acceptors (Lipinski definition) is 14. The quantitative estimate of drug-likeness (QED) is 0.148. The van der Waals surface area contributed by atoms with Crippen LogP contribution in [0.1, 0.15) is 23.7 Å². The second-order valence-electron chi connectivity index (χ2n) is 13.3. The second kappa shape index (κ2) is 16.9. The lowest BCUT2D eigenvalue weighted by molar-refractivity contribution is -0.116. The van der Waals surface area contributed by atoms with Crippen LogP contribution in [0.2, 0.25) is 0 Å². The average molecular weight is 832 g/mol. The molecular formula is C40H36F3N15O3. The molecule has 0 radical (unpaired) electrons. The van der Waals surface area contributed by atoms with Gasteiger partial charge >= 0.3 is 6.09 Å². The molecule has 0 atom stereocenters. The lowest BCUT2D eigenvalue weighted by atomic mass is 10.2. The summed E-state index contributed by atoms with van der Waals surface area (Å²) in [5.41, 5.74) is 21.3. The lowest BCUT2D eigenvalue weighted by Crippen LogP contribution is -2.26. The fraction of sp³-hybridized carbons (Fsp3) is 0.150. The monoisotopic (exact) mass is 831 g/mol. The van der Waals surface area contributed by atoms with Crippen molar-refractivity contribution in [1.82, 2.24) is 49.5 Å². The molecule has 310 valence electrons. The first kappa shape index (κ1) is 40.9. The zero-order valence-corrected chi connectivity index (χ0v) is 32.9. The van der Waals surface area contributed by atoms with Crippen molar-refractivity contribution < 1.29 is 27.5 Å². The van der Waals surface area contributed by atoms with Gasteiger partial charge in [0.2, 0.25) is 5.91 Å². The summed E-state index contributed by atoms with van der Waals surface area (Å²) in [4.78, 5) is 50.1. The predicted octanol–water partition coefficient (Wildman–Crippen LogP) is 5.51. The minimum atomic E-state index is -0.725. The summed E-state index contributed by atoms with van der Waals surface area (Å²) < 4.78 is 49.8. The van der Waals surface area contributed by atoms with E-state index in [1.165, 1.54) is 48.9 Å². The number of pyridine rings is 2. The first-order valence-corrected chi connectivity index (χ1v) is 18.2. The van der Waals surface area contributed by atoms with Crippen molar-refractivity contribution in [2.24, 2.45) is 0 Å². The van der Waals surface area contributed by atoms with Crippen LogP contribution in [-0.4, -0.2) is 75.6 Å². The molecule has 8 aromatic rings. The normalized spacial score (nSPS) is 11.0. The summed E-state index contributed by atoms with van der Waals surface area (Å²) >= 11 is 0. The maximum atomic E-state index is 14.1. The van der Waals surface area contributed by atoms with Crippen LogP contribution in [0, 0.1) is 24.4 Å². The summed E-state index contributed by atoms with van der Waals surface area (Å²) in [6.07, 6.45) is 1.95. The highest BCUT2D eigenvalue weighted by Crippen LogP contribution is 2.33. The fourth-order valence-corrected chi connectivity index (χ4v) is 6.28. The van der Waals surface area contributed by atoms with E-state index < -0.39 is 17.7 Å². The van der Waals surface area contributed by atoms with Gasteiger partial charge in [0.05, 0.1) is 42.9 Å². The molecule has 0 unspecified atom stereocenters. The summed E-state index contributed by atoms with van der Waals surface area (Å²) in [5, 5.41) is 12.5. The van der Waals surface area contributed by atoms with Gasteiger partial charge in [-0.25, -0.2) is 57.2 Å². The van der Waals surface area contributed by atoms with E-state index >= 15 is 0 Å². The number of nitrogens with one attached hydrogen (secondary N) is 1. The van der Waals surface area contributed by atoms with Crippen LogP contribution >= 0.6 is 0 Å². The van der Waals surface area contributed by atoms with Crippen molar-refractivity contribution in [1.29, 1.82) is 0 Å². The van der Waals surface area contributed by atoms with Gasteiger partial charge < -0.3 is 26.8 Å². The highest BCUT2D eigenvalue weighted by atomic mass is 19.1. The predicted molar refractivity (Wildman–Crippen MR) is 221 cm³/mol. The molecule has 6 aromatic heterocycles. The SMILES string of the molecule is CC(=O)N(C)c1c(N)nc(-c2nn(Cc3ccccc3F)c3ncccc23)nc1N.COC(=O)Nc1c(C)nc(-c2nn(Cc3ccccc3F)c3ncc(F)cc23)nc1N. The highest BCUT2D eigenvalue weighted by Gasteiger charge is 2.23. The zero-order chi connectivity index (χ0) is 43.5. The number of benzene rings is 2. The maximum Gasteiger partial charge on any atom is 0.411 e. The molecule has 0 aliphatic heterocycles. The van der Waals surface area contributed by atoms with Gasteiger partial charge in [-0.2, -0.15) is 10.2 Å². The van der Waals surface area contributed by atoms with E-state index in [2.05, 4.69) is 50.2 Å². The number of anilines is 5. The summed E-state index contributed by atoms with van der Waals surface area (Å²) in [7, 11) is 2.75. The van der Waals surface area contributed by atoms with Crippen molar-refractivity contribution in [2.75, 3.05) is 41.6 Å². The molecule has 2 amide bonds. The molecule has 18 nitrogen and oxygen atoms in total. The second-order valence-corrected chi connectivity index (χ2v) is 13.3. The number of carbonyl (C=O) groups excluding carboxylic acids is 2. The molecule has 0 spiro atoms. The van der Waals surface area contributed by atoms with Crippen molar-refractivity contribution in [3.8, 4) is 23.0 Å². The molecule has 6 heterocycles. The molecule has 0 bridgehead atoms. The topological polar surface area (TPSA) is 250 Å². The van der Waals surface area contributed by atoms with Crippen LogP contribution in [0.5, 0.6) is 0 Å². The number of nitrogens with zero attached hydrogens (tertiary/aromatic N) is 11. The summed E-state index contributed by atoms with van der Waals surface area (Å²) in [5.74, 6) is -1.18. The molecule has 7 N–H and O–H groups in total. The van der Waals surface area contributed by atoms with Crippen molar-refractivity contribution in [3.05, 3.63) is 113 Å². The minimum absolute atomic E-state index is 0.0194. The van der Waals surface area contributed by atoms with Gasteiger partial charge in [-0.05, 0) is 37.3 Å². The molecule has 0 aliphatic rings. The maximum absolute atomic E-state index is 14.1. The number of aromatic nitrogens is 10. The Labute approximate surface area is 344 Å². The van der Waals surface area contributed by atoms with Gasteiger partial charge in [0.25, 0.3) is 0 Å². The van der Waals surface area contributed by atoms with E-state index in [0.29, 0.717) is 44.6 Å². The number of halogens is 3. The number of nitrogens with two attached hydrogens (primary N) is 3. The smallest absolute Gasteiger partial charge is 0.411 e. The number of aryl methyl sites for hydroxylation is 1. The zero-order valence-electron chi connectivity index (χ0n) is 32.9. The standard InChI is InChI=1S/C20H17F2N7O2.C20H19FN8O/c1-10-15(26-20(30)31-2)17(23)27-18(25-10)16-13-7-12(21)8-24-19(13)29(28-16)9-11-5-3-4-6-14(11)22;1-11(30)28(2)16-17(22)25-19(26-18(16)23)15-13-7-5-9-24-20(13)29(27-15)10-12-6-3-4-8-14(12)21/h3-8H,9H2,1-2H3,(H,26,30)(H2,23,25,27);3-9H,10H2,1-2H3,(H4,22,23,25,26). The Balaban J connectivity index is 0.000000184. The van der Waals surface area contributed by atoms with Gasteiger partial charge in [-0.1, -0.05) is 36.4 Å². The van der Waals surface area contributed by atoms with Crippen LogP contribution in [0.15, 0.2) is 79.1 Å². The van der Waals surface area contributed by atoms with Gasteiger partial charge in [0.1, 0.15) is 40.2 Å². The third kappa shape index (κ3) is 8.37. The number of nitrogen functional groups attached to an aromatic ring is 3. The Morgan fingerprint density at radius 3 is 1.85 bits per heavy atom. The Bertz CT molecular complexity index is 2930. The Morgan fingerprint density at radius 1 is 0.754 bits per heavy atom. The van der Waals surface area contributed by atoms with Gasteiger partial charge in [0, 0.05) is 31.3 Å². The highest BCUT2D eigenvalue weighted by molar-refractivity contribution is 5.98. The third-order valence-electron chi connectivity index (χ3n) is 9.32. The first-order valence-electron chi connectivity index (χ1n) is 18.2. The Morgan fingerprint density at radius 2 is 1.30 bits per heavy atom. The summed E-state index contributed by atoms with van der Waals surface area (Å²) in [6.45, 7) is 3.25. The van der Waals surface area contributed by atoms with Gasteiger partial charge in [0.15, 0.2) is 40.4 Å². The number of rotatable bonds is 8. The van der Waals surface area contributed by atoms with Gasteiger partial charge in [-0.3, -0.25) is 10.1 Å². The molecule has 21 heteroatoms. The number of carbonyl (C=O) groups is 2. The van der Waals surface area contributed by atoms with E-state index in [1.54, 1.807) is 60.3 Å². The van der Waals surface area contributed by atoms with E-state index in [0.717, 1.165) is 6.20 Å². The molecule has 61 heavy (non-hydrogen) atoms. The molecular weight excluding hydrogens is 796 g/mol. The third-order valence-corrected chi connectivity index (χ3v) is 9.32.